The van der Waals surface area contributed by atoms with Gasteiger partial charge in [-0.25, -0.2) is 16.8 Å². The van der Waals surface area contributed by atoms with Gasteiger partial charge < -0.3 is 4.90 Å². The highest BCUT2D eigenvalue weighted by Crippen LogP contribution is 2.33. The lowest BCUT2D eigenvalue weighted by Gasteiger charge is -2.39. The number of sulfone groups is 2. The first-order chi connectivity index (χ1) is 10.00. The van der Waals surface area contributed by atoms with Crippen molar-refractivity contribution in [1.82, 2.24) is 0 Å². The van der Waals surface area contributed by atoms with E-state index in [2.05, 4.69) is 18.7 Å². The van der Waals surface area contributed by atoms with Crippen molar-refractivity contribution in [3.63, 3.8) is 0 Å². The Kier molecular flexibility index (Phi) is 4.59. The Labute approximate surface area is 133 Å². The molecule has 0 N–H and O–H groups in total. The molecule has 0 aromatic heterocycles. The van der Waals surface area contributed by atoms with Gasteiger partial charge in [-0.05, 0) is 43.9 Å². The van der Waals surface area contributed by atoms with E-state index in [1.165, 1.54) is 12.1 Å². The van der Waals surface area contributed by atoms with Gasteiger partial charge in [0, 0.05) is 25.1 Å². The minimum absolute atomic E-state index is 0.0365. The molecule has 5 nitrogen and oxygen atoms in total. The fourth-order valence-electron chi connectivity index (χ4n) is 2.88. The molecule has 1 aliphatic heterocycles. The van der Waals surface area contributed by atoms with Crippen LogP contribution in [0.25, 0.3) is 0 Å². The minimum atomic E-state index is -3.51. The lowest BCUT2D eigenvalue weighted by atomic mass is 9.94. The van der Waals surface area contributed by atoms with E-state index < -0.39 is 19.7 Å². The predicted octanol–water partition coefficient (Wildman–Crippen LogP) is 2.12. The SMILES string of the molecule is CC1CCC(C)N(c2ccc(S(C)(=O)=O)cc2S(C)(=O)=O)C1. The summed E-state index contributed by atoms with van der Waals surface area (Å²) in [6.45, 7) is 4.99. The van der Waals surface area contributed by atoms with Crippen LogP contribution in [0.2, 0.25) is 0 Å². The van der Waals surface area contributed by atoms with Crippen LogP contribution in [0.4, 0.5) is 5.69 Å². The zero-order valence-corrected chi connectivity index (χ0v) is 15.0. The molecule has 124 valence electrons. The van der Waals surface area contributed by atoms with Crippen molar-refractivity contribution in [3.05, 3.63) is 18.2 Å². The van der Waals surface area contributed by atoms with Crippen molar-refractivity contribution in [2.45, 2.75) is 42.5 Å². The van der Waals surface area contributed by atoms with E-state index in [0.717, 1.165) is 31.9 Å². The molecule has 1 heterocycles. The van der Waals surface area contributed by atoms with Gasteiger partial charge in [0.05, 0.1) is 15.5 Å². The quantitative estimate of drug-likeness (QED) is 0.839. The van der Waals surface area contributed by atoms with Gasteiger partial charge in [-0.3, -0.25) is 0 Å². The Morgan fingerprint density at radius 2 is 1.64 bits per heavy atom. The molecule has 2 atom stereocenters. The molecular formula is C15H23NO4S2. The largest absolute Gasteiger partial charge is 0.368 e. The maximum atomic E-state index is 12.1. The van der Waals surface area contributed by atoms with Crippen molar-refractivity contribution in [3.8, 4) is 0 Å². The fraction of sp³-hybridized carbons (Fsp3) is 0.600. The van der Waals surface area contributed by atoms with Crippen LogP contribution in [0, 0.1) is 5.92 Å². The summed E-state index contributed by atoms with van der Waals surface area (Å²) in [5.74, 6) is 0.484. The van der Waals surface area contributed by atoms with Crippen LogP contribution in [-0.2, 0) is 19.7 Å². The average Bonchev–Trinajstić information content (AvgIpc) is 2.39. The zero-order valence-electron chi connectivity index (χ0n) is 13.4. The summed E-state index contributed by atoms with van der Waals surface area (Å²) in [5.41, 5.74) is 0.606. The van der Waals surface area contributed by atoms with E-state index in [-0.39, 0.29) is 15.8 Å². The van der Waals surface area contributed by atoms with Gasteiger partial charge in [0.25, 0.3) is 0 Å². The van der Waals surface area contributed by atoms with Crippen LogP contribution in [0.5, 0.6) is 0 Å². The van der Waals surface area contributed by atoms with Crippen LogP contribution in [-0.4, -0.2) is 41.9 Å². The summed E-state index contributed by atoms with van der Waals surface area (Å²) < 4.78 is 47.7. The second kappa shape index (κ2) is 5.85. The average molecular weight is 345 g/mol. The van der Waals surface area contributed by atoms with Gasteiger partial charge in [-0.15, -0.1) is 0 Å². The van der Waals surface area contributed by atoms with Crippen LogP contribution < -0.4 is 4.90 Å². The number of piperidine rings is 1. The third kappa shape index (κ3) is 3.63. The van der Waals surface area contributed by atoms with E-state index in [1.54, 1.807) is 6.07 Å². The normalized spacial score (nSPS) is 23.5. The molecular weight excluding hydrogens is 322 g/mol. The molecule has 22 heavy (non-hydrogen) atoms. The summed E-state index contributed by atoms with van der Waals surface area (Å²) in [5, 5.41) is 0. The highest BCUT2D eigenvalue weighted by Gasteiger charge is 2.28. The Bertz CT molecular complexity index is 769. The molecule has 1 fully saturated rings. The third-order valence-electron chi connectivity index (χ3n) is 4.19. The van der Waals surface area contributed by atoms with Crippen molar-refractivity contribution >= 4 is 25.4 Å². The van der Waals surface area contributed by atoms with Crippen LogP contribution >= 0.6 is 0 Å². The number of nitrogens with zero attached hydrogens (tertiary/aromatic N) is 1. The van der Waals surface area contributed by atoms with E-state index in [1.807, 2.05) is 0 Å². The Morgan fingerprint density at radius 3 is 2.18 bits per heavy atom. The topological polar surface area (TPSA) is 71.5 Å². The Balaban J connectivity index is 2.61. The van der Waals surface area contributed by atoms with Crippen molar-refractivity contribution in [1.29, 1.82) is 0 Å². The highest BCUT2D eigenvalue weighted by molar-refractivity contribution is 7.91. The molecule has 1 aliphatic rings. The molecule has 1 saturated heterocycles. The molecule has 0 spiro atoms. The molecule has 0 radical (unpaired) electrons. The summed E-state index contributed by atoms with van der Waals surface area (Å²) in [6.07, 6.45) is 4.32. The first-order valence-corrected chi connectivity index (χ1v) is 11.1. The van der Waals surface area contributed by atoms with E-state index in [0.29, 0.717) is 11.6 Å². The van der Waals surface area contributed by atoms with E-state index in [4.69, 9.17) is 0 Å². The molecule has 0 bridgehead atoms. The molecule has 7 heteroatoms. The summed E-state index contributed by atoms with van der Waals surface area (Å²) >= 11 is 0. The monoisotopic (exact) mass is 345 g/mol. The van der Waals surface area contributed by atoms with Crippen LogP contribution in [0.15, 0.2) is 28.0 Å². The van der Waals surface area contributed by atoms with Gasteiger partial charge in [-0.2, -0.15) is 0 Å². The number of benzene rings is 1. The number of rotatable bonds is 3. The third-order valence-corrected chi connectivity index (χ3v) is 6.42. The number of anilines is 1. The van der Waals surface area contributed by atoms with Crippen molar-refractivity contribution < 1.29 is 16.8 Å². The lowest BCUT2D eigenvalue weighted by molar-refractivity contribution is 0.389. The molecule has 1 aromatic carbocycles. The molecule has 0 amide bonds. The predicted molar refractivity (Wildman–Crippen MR) is 87.9 cm³/mol. The maximum Gasteiger partial charge on any atom is 0.177 e. The molecule has 2 unspecified atom stereocenters. The van der Waals surface area contributed by atoms with Gasteiger partial charge >= 0.3 is 0 Å². The smallest absolute Gasteiger partial charge is 0.177 e. The first kappa shape index (κ1) is 17.3. The Morgan fingerprint density at radius 1 is 1.00 bits per heavy atom. The van der Waals surface area contributed by atoms with Gasteiger partial charge in [-0.1, -0.05) is 6.92 Å². The molecule has 2 rings (SSSR count). The zero-order chi connectivity index (χ0) is 16.7. The summed E-state index contributed by atoms with van der Waals surface area (Å²) in [7, 11) is -6.95. The highest BCUT2D eigenvalue weighted by atomic mass is 32.2. The lowest BCUT2D eigenvalue weighted by Crippen LogP contribution is -2.41. The van der Waals surface area contributed by atoms with E-state index in [9.17, 15) is 16.8 Å². The van der Waals surface area contributed by atoms with Crippen LogP contribution in [0.3, 0.4) is 0 Å². The Hall–Kier alpha value is -1.08. The van der Waals surface area contributed by atoms with Crippen molar-refractivity contribution in [2.24, 2.45) is 5.92 Å². The standard InChI is InChI=1S/C15H23NO4S2/c1-11-5-6-12(2)16(10-11)14-8-7-13(21(3,17)18)9-15(14)22(4,19)20/h7-9,11-12H,5-6,10H2,1-4H3. The van der Waals surface area contributed by atoms with Crippen LogP contribution in [0.1, 0.15) is 26.7 Å². The van der Waals surface area contributed by atoms with E-state index >= 15 is 0 Å². The second-order valence-electron chi connectivity index (χ2n) is 6.36. The molecule has 0 aliphatic carbocycles. The van der Waals surface area contributed by atoms with Gasteiger partial charge in [0.15, 0.2) is 19.7 Å². The summed E-state index contributed by atoms with van der Waals surface area (Å²) in [6, 6.07) is 4.64. The molecule has 1 aromatic rings. The van der Waals surface area contributed by atoms with Gasteiger partial charge in [0.1, 0.15) is 0 Å². The maximum absolute atomic E-state index is 12.1. The summed E-state index contributed by atoms with van der Waals surface area (Å²) in [4.78, 5) is 2.21. The first-order valence-electron chi connectivity index (χ1n) is 7.31. The fourth-order valence-corrected chi connectivity index (χ4v) is 4.51. The minimum Gasteiger partial charge on any atom is -0.368 e. The van der Waals surface area contributed by atoms with Gasteiger partial charge in [0.2, 0.25) is 0 Å². The number of hydrogen-bond donors (Lipinski definition) is 0. The second-order valence-corrected chi connectivity index (χ2v) is 10.4. The van der Waals surface area contributed by atoms with Crippen molar-refractivity contribution in [2.75, 3.05) is 24.0 Å². The number of hydrogen-bond acceptors (Lipinski definition) is 5. The molecule has 0 saturated carbocycles.